The molecular formula is C42H51BrN4O9S. The Balaban J connectivity index is 1.34. The molecule has 3 aliphatic rings. The maximum Gasteiger partial charge on any atom is 0.408 e. The number of rotatable bonds is 15. The van der Waals surface area contributed by atoms with E-state index in [1.165, 1.54) is 17.4 Å². The molecule has 2 heterocycles. The molecule has 0 radical (unpaired) electrons. The van der Waals surface area contributed by atoms with Crippen LogP contribution in [0.25, 0.3) is 22.3 Å². The van der Waals surface area contributed by atoms with E-state index in [1.807, 2.05) is 46.1 Å². The van der Waals surface area contributed by atoms with Crippen LogP contribution in [0.4, 0.5) is 4.79 Å². The molecule has 0 saturated heterocycles. The third-order valence-corrected chi connectivity index (χ3v) is 13.0. The molecule has 6 rings (SSSR count). The molecule has 57 heavy (non-hydrogen) atoms. The number of hydrogen-bond donors (Lipinski definition) is 3. The molecule has 3 aromatic rings. The molecule has 3 N–H and O–H groups in total. The molecule has 13 nitrogen and oxygen atoms in total. The summed E-state index contributed by atoms with van der Waals surface area (Å²) < 4.78 is 18.6. The summed E-state index contributed by atoms with van der Waals surface area (Å²) in [5.74, 6) is -3.56. The molecule has 3 saturated carbocycles. The van der Waals surface area contributed by atoms with Crippen molar-refractivity contribution in [3.8, 4) is 22.9 Å². The van der Waals surface area contributed by atoms with E-state index in [4.69, 9.17) is 24.2 Å². The number of hydrogen-bond acceptors (Lipinski definition) is 11. The van der Waals surface area contributed by atoms with Gasteiger partial charge >= 0.3 is 12.1 Å². The van der Waals surface area contributed by atoms with Crippen LogP contribution in [0.1, 0.15) is 84.6 Å². The monoisotopic (exact) mass is 866 g/mol. The number of carboxylic acids is 1. The summed E-state index contributed by atoms with van der Waals surface area (Å²) in [6, 6.07) is 4.33. The second-order valence-corrected chi connectivity index (χ2v) is 18.5. The Labute approximate surface area is 344 Å². The van der Waals surface area contributed by atoms with Crippen molar-refractivity contribution in [1.82, 2.24) is 20.6 Å². The maximum absolute atomic E-state index is 14.7. The first-order valence-corrected chi connectivity index (χ1v) is 21.1. The molecule has 2 aromatic heterocycles. The molecule has 0 spiro atoms. The zero-order chi connectivity index (χ0) is 41.4. The van der Waals surface area contributed by atoms with Gasteiger partial charge in [-0.3, -0.25) is 14.4 Å². The zero-order valence-electron chi connectivity index (χ0n) is 33.2. The van der Waals surface area contributed by atoms with E-state index in [0.29, 0.717) is 43.3 Å². The number of thiazole rings is 1. The molecule has 0 bridgehead atoms. The highest BCUT2D eigenvalue weighted by Crippen LogP contribution is 2.47. The number of aliphatic carboxylic acids is 1. The van der Waals surface area contributed by atoms with Gasteiger partial charge in [0.05, 0.1) is 41.2 Å². The lowest BCUT2D eigenvalue weighted by Crippen LogP contribution is -2.54. The maximum atomic E-state index is 14.7. The van der Waals surface area contributed by atoms with Crippen LogP contribution in [0.15, 0.2) is 40.7 Å². The van der Waals surface area contributed by atoms with Gasteiger partial charge in [-0.2, -0.15) is 0 Å². The largest absolute Gasteiger partial charge is 0.495 e. The number of carboxylic acid groups (broad SMARTS) is 1. The first-order valence-electron chi connectivity index (χ1n) is 19.5. The number of carbonyl (C=O) groups is 5. The number of benzene rings is 1. The number of aromatic nitrogens is 2. The third-order valence-electron chi connectivity index (χ3n) is 11.4. The van der Waals surface area contributed by atoms with Crippen molar-refractivity contribution in [1.29, 1.82) is 0 Å². The molecular weight excluding hydrogens is 816 g/mol. The summed E-state index contributed by atoms with van der Waals surface area (Å²) in [4.78, 5) is 76.6. The van der Waals surface area contributed by atoms with Crippen molar-refractivity contribution in [3.63, 3.8) is 0 Å². The Morgan fingerprint density at radius 2 is 1.75 bits per heavy atom. The van der Waals surface area contributed by atoms with Crippen LogP contribution in [0.3, 0.4) is 0 Å². The molecule has 0 aliphatic heterocycles. The van der Waals surface area contributed by atoms with Crippen molar-refractivity contribution in [2.24, 2.45) is 29.1 Å². The summed E-state index contributed by atoms with van der Waals surface area (Å²) in [5, 5.41) is 18.8. The van der Waals surface area contributed by atoms with E-state index >= 15 is 0 Å². The Morgan fingerprint density at radius 1 is 1.05 bits per heavy atom. The molecule has 6 atom stereocenters. The quantitative estimate of drug-likeness (QED) is 0.129. The lowest BCUT2D eigenvalue weighted by molar-refractivity contribution is -0.144. The SMILES string of the molecule is C=C[C@@H]1C[C@]1(NC(=O)[C@@H]1C[C@@H](Oc2cc(-c3csc(CC(=O)C(C)C)n3)nc3c(Br)c(OC)ccc23)CC1C(=O)[C@@H](NC(=O)OC1CCCC1)C(C)(C)C)C(=O)O. The average molecular weight is 868 g/mol. The molecule has 306 valence electrons. The fraction of sp³-hybridized carbons (Fsp3) is 0.548. The minimum absolute atomic E-state index is 0.0772. The number of fused-ring (bicyclic) bond motifs is 1. The first-order chi connectivity index (χ1) is 26.9. The van der Waals surface area contributed by atoms with Crippen LogP contribution >= 0.6 is 27.3 Å². The highest BCUT2D eigenvalue weighted by molar-refractivity contribution is 9.10. The summed E-state index contributed by atoms with van der Waals surface area (Å²) in [6.45, 7) is 12.9. The predicted octanol–water partition coefficient (Wildman–Crippen LogP) is 7.47. The number of amides is 2. The number of alkyl carbamates (subject to hydrolysis) is 1. The van der Waals surface area contributed by atoms with Crippen LogP contribution < -0.4 is 20.1 Å². The van der Waals surface area contributed by atoms with Gasteiger partial charge < -0.3 is 30.0 Å². The van der Waals surface area contributed by atoms with E-state index in [1.54, 1.807) is 19.2 Å². The van der Waals surface area contributed by atoms with Crippen LogP contribution in [0.2, 0.25) is 0 Å². The second kappa shape index (κ2) is 16.8. The molecule has 2 amide bonds. The number of halogens is 1. The van der Waals surface area contributed by atoms with Gasteiger partial charge in [0.25, 0.3) is 0 Å². The Hall–Kier alpha value is -4.37. The highest BCUT2D eigenvalue weighted by Gasteiger charge is 2.61. The summed E-state index contributed by atoms with van der Waals surface area (Å²) >= 11 is 5.01. The summed E-state index contributed by atoms with van der Waals surface area (Å²) in [7, 11) is 1.55. The normalized spacial score (nSPS) is 23.9. The number of ketones is 2. The van der Waals surface area contributed by atoms with Gasteiger partial charge in [0.2, 0.25) is 5.91 Å². The fourth-order valence-electron chi connectivity index (χ4n) is 7.90. The number of ether oxygens (including phenoxy) is 3. The molecule has 1 unspecified atom stereocenters. The predicted molar refractivity (Wildman–Crippen MR) is 218 cm³/mol. The molecule has 15 heteroatoms. The number of Topliss-reactive ketones (excluding diaryl/α,β-unsaturated/α-hetero) is 2. The highest BCUT2D eigenvalue weighted by atomic mass is 79.9. The standard InChI is InChI=1S/C42H51BrN4O9S/c1-8-22-19-42(22,39(51)52)47-38(50)27-16-24(15-26(27)36(49)37(41(4,5)6)46-40(53)56-23-11-9-10-12-23)55-32-17-28(29-20-57-33(44-29)18-30(48)21(2)3)45-35-25(32)13-14-31(54-7)34(35)43/h8,13-14,17,20-24,26-27,37H,1,9-12,15-16,18-19H2,2-7H3,(H,46,53)(H,47,50)(H,51,52)/t22-,24+,26?,27-,37-,42-/m1/s1. The minimum Gasteiger partial charge on any atom is -0.495 e. The molecule has 3 aliphatic carbocycles. The number of nitrogens with zero attached hydrogens (tertiary/aromatic N) is 2. The smallest absolute Gasteiger partial charge is 0.408 e. The van der Waals surface area contributed by atoms with Crippen LogP contribution in [-0.4, -0.2) is 75.5 Å². The minimum atomic E-state index is -1.51. The van der Waals surface area contributed by atoms with Crippen molar-refractivity contribution in [2.75, 3.05) is 7.11 Å². The topological polar surface area (TPSA) is 183 Å². The summed E-state index contributed by atoms with van der Waals surface area (Å²) in [6.07, 6.45) is 3.99. The van der Waals surface area contributed by atoms with Gasteiger partial charge in [-0.05, 0) is 78.4 Å². The van der Waals surface area contributed by atoms with Gasteiger partial charge in [-0.1, -0.05) is 40.7 Å². The van der Waals surface area contributed by atoms with Gasteiger partial charge in [0.15, 0.2) is 5.78 Å². The zero-order valence-corrected chi connectivity index (χ0v) is 35.6. The second-order valence-electron chi connectivity index (χ2n) is 16.8. The van der Waals surface area contributed by atoms with Gasteiger partial charge in [-0.25, -0.2) is 19.6 Å². The Morgan fingerprint density at radius 3 is 2.37 bits per heavy atom. The van der Waals surface area contributed by atoms with E-state index in [2.05, 4.69) is 33.1 Å². The van der Waals surface area contributed by atoms with Crippen molar-refractivity contribution < 1.29 is 43.3 Å². The number of pyridine rings is 1. The van der Waals surface area contributed by atoms with E-state index in [9.17, 15) is 29.1 Å². The van der Waals surface area contributed by atoms with Gasteiger partial charge in [0.1, 0.15) is 45.7 Å². The number of nitrogens with one attached hydrogen (secondary N) is 2. The van der Waals surface area contributed by atoms with Crippen molar-refractivity contribution >= 4 is 67.7 Å². The lowest BCUT2D eigenvalue weighted by Gasteiger charge is -2.33. The third kappa shape index (κ3) is 9.04. The Bertz CT molecular complexity index is 2070. The first kappa shape index (κ1) is 42.2. The van der Waals surface area contributed by atoms with Crippen molar-refractivity contribution in [3.05, 3.63) is 45.7 Å². The van der Waals surface area contributed by atoms with E-state index < -0.39 is 58.8 Å². The van der Waals surface area contributed by atoms with Gasteiger partial charge in [-0.15, -0.1) is 17.9 Å². The number of carbonyl (C=O) groups excluding carboxylic acids is 4. The molecule has 3 fully saturated rings. The van der Waals surface area contributed by atoms with Gasteiger partial charge in [0, 0.05) is 34.6 Å². The Kier molecular flexibility index (Phi) is 12.5. The van der Waals surface area contributed by atoms with Crippen LogP contribution in [0, 0.1) is 29.1 Å². The van der Waals surface area contributed by atoms with E-state index in [0.717, 1.165) is 25.7 Å². The lowest BCUT2D eigenvalue weighted by atomic mass is 9.77. The summed E-state index contributed by atoms with van der Waals surface area (Å²) in [5.41, 5.74) is -0.706. The fourth-order valence-corrected chi connectivity index (χ4v) is 9.29. The molecule has 1 aromatic carbocycles. The number of methoxy groups -OCH3 is 1. The van der Waals surface area contributed by atoms with E-state index in [-0.39, 0.29) is 49.3 Å². The average Bonchev–Trinajstić information content (AvgIpc) is 3.57. The van der Waals surface area contributed by atoms with Crippen LogP contribution in [0.5, 0.6) is 11.5 Å². The van der Waals surface area contributed by atoms with Crippen molar-refractivity contribution in [2.45, 2.75) is 110 Å². The van der Waals surface area contributed by atoms with Crippen LogP contribution in [-0.2, 0) is 30.3 Å².